The average Bonchev–Trinajstić information content (AvgIpc) is 2.76. The Kier molecular flexibility index (Phi) is 3.94. The van der Waals surface area contributed by atoms with Gasteiger partial charge in [-0.25, -0.2) is 4.98 Å². The summed E-state index contributed by atoms with van der Waals surface area (Å²) in [6.45, 7) is 5.76. The van der Waals surface area contributed by atoms with E-state index in [0.717, 1.165) is 11.3 Å². The number of hydrogen-bond acceptors (Lipinski definition) is 4. The van der Waals surface area contributed by atoms with Gasteiger partial charge in [0.25, 0.3) is 5.91 Å². The van der Waals surface area contributed by atoms with Gasteiger partial charge in [-0.05, 0) is 24.5 Å². The Bertz CT molecular complexity index is 630. The highest BCUT2D eigenvalue weighted by Gasteiger charge is 2.20. The molecule has 0 aliphatic heterocycles. The predicted molar refractivity (Wildman–Crippen MR) is 79.0 cm³/mol. The SMILES string of the molecule is Cc1ccnc(Cl)c1NC(=O)c1n[nH]c(C(C)C)c1N. The highest BCUT2D eigenvalue weighted by atomic mass is 35.5. The van der Waals surface area contributed by atoms with Gasteiger partial charge in [0, 0.05) is 6.20 Å². The third-order valence-corrected chi connectivity index (χ3v) is 3.26. The van der Waals surface area contributed by atoms with E-state index in [1.54, 1.807) is 12.3 Å². The van der Waals surface area contributed by atoms with Gasteiger partial charge in [-0.3, -0.25) is 9.89 Å². The highest BCUT2D eigenvalue weighted by molar-refractivity contribution is 6.32. The number of H-pyrrole nitrogens is 1. The van der Waals surface area contributed by atoms with Gasteiger partial charge in [0.05, 0.1) is 17.1 Å². The number of halogens is 1. The minimum absolute atomic E-state index is 0.160. The second kappa shape index (κ2) is 5.50. The van der Waals surface area contributed by atoms with Crippen molar-refractivity contribution in [3.8, 4) is 0 Å². The summed E-state index contributed by atoms with van der Waals surface area (Å²) < 4.78 is 0. The molecular weight excluding hydrogens is 278 g/mol. The van der Waals surface area contributed by atoms with Crippen LogP contribution in [0.25, 0.3) is 0 Å². The van der Waals surface area contributed by atoms with Gasteiger partial charge < -0.3 is 11.1 Å². The van der Waals surface area contributed by atoms with Crippen molar-refractivity contribution in [1.82, 2.24) is 15.2 Å². The number of anilines is 2. The fraction of sp³-hybridized carbons (Fsp3) is 0.308. The molecule has 2 aromatic heterocycles. The van der Waals surface area contributed by atoms with Crippen LogP contribution in [0.3, 0.4) is 0 Å². The number of nitrogen functional groups attached to an aromatic ring is 1. The molecule has 106 valence electrons. The lowest BCUT2D eigenvalue weighted by atomic mass is 10.1. The van der Waals surface area contributed by atoms with E-state index >= 15 is 0 Å². The maximum atomic E-state index is 12.2. The number of amides is 1. The lowest BCUT2D eigenvalue weighted by Gasteiger charge is -2.08. The molecule has 0 atom stereocenters. The van der Waals surface area contributed by atoms with Crippen molar-refractivity contribution in [3.63, 3.8) is 0 Å². The number of carbonyl (C=O) groups excluding carboxylic acids is 1. The Balaban J connectivity index is 2.29. The van der Waals surface area contributed by atoms with E-state index in [9.17, 15) is 4.79 Å². The standard InChI is InChI=1S/C13H16ClN5O/c1-6(2)9-8(15)11(19-18-9)13(20)17-10-7(3)4-5-16-12(10)14/h4-6H,15H2,1-3H3,(H,17,20)(H,18,19). The van der Waals surface area contributed by atoms with Crippen molar-refractivity contribution in [2.75, 3.05) is 11.1 Å². The molecule has 0 aliphatic carbocycles. The zero-order valence-corrected chi connectivity index (χ0v) is 12.2. The summed E-state index contributed by atoms with van der Waals surface area (Å²) >= 11 is 5.97. The second-order valence-electron chi connectivity index (χ2n) is 4.80. The minimum atomic E-state index is -0.413. The fourth-order valence-corrected chi connectivity index (χ4v) is 2.08. The molecule has 0 fully saturated rings. The maximum Gasteiger partial charge on any atom is 0.278 e. The first-order valence-electron chi connectivity index (χ1n) is 6.18. The van der Waals surface area contributed by atoms with Gasteiger partial charge >= 0.3 is 0 Å². The maximum absolute atomic E-state index is 12.2. The number of hydrogen-bond donors (Lipinski definition) is 3. The third kappa shape index (κ3) is 2.60. The van der Waals surface area contributed by atoms with Crippen molar-refractivity contribution < 1.29 is 4.79 Å². The first kappa shape index (κ1) is 14.3. The zero-order chi connectivity index (χ0) is 14.9. The smallest absolute Gasteiger partial charge is 0.278 e. The normalized spacial score (nSPS) is 10.8. The number of aromatic amines is 1. The predicted octanol–water partition coefficient (Wildman–Crippen LogP) is 2.72. The highest BCUT2D eigenvalue weighted by Crippen LogP contribution is 2.26. The van der Waals surface area contributed by atoms with Crippen LogP contribution in [0.4, 0.5) is 11.4 Å². The van der Waals surface area contributed by atoms with Crippen LogP contribution >= 0.6 is 11.6 Å². The number of aromatic nitrogens is 3. The Morgan fingerprint density at radius 2 is 2.20 bits per heavy atom. The van der Waals surface area contributed by atoms with Gasteiger partial charge in [-0.1, -0.05) is 25.4 Å². The van der Waals surface area contributed by atoms with Gasteiger partial charge in [-0.15, -0.1) is 0 Å². The summed E-state index contributed by atoms with van der Waals surface area (Å²) in [4.78, 5) is 16.1. The van der Waals surface area contributed by atoms with E-state index in [-0.39, 0.29) is 16.8 Å². The van der Waals surface area contributed by atoms with Crippen LogP contribution in [0.5, 0.6) is 0 Å². The number of rotatable bonds is 3. The average molecular weight is 294 g/mol. The van der Waals surface area contributed by atoms with Crippen molar-refractivity contribution in [3.05, 3.63) is 34.4 Å². The lowest BCUT2D eigenvalue weighted by Crippen LogP contribution is -2.15. The molecule has 0 radical (unpaired) electrons. The molecule has 4 N–H and O–H groups in total. The van der Waals surface area contributed by atoms with Gasteiger partial charge in [0.15, 0.2) is 10.8 Å². The molecule has 0 saturated heterocycles. The van der Waals surface area contributed by atoms with Gasteiger partial charge in [0.1, 0.15) is 0 Å². The van der Waals surface area contributed by atoms with Crippen LogP contribution in [0.2, 0.25) is 5.15 Å². The molecule has 20 heavy (non-hydrogen) atoms. The lowest BCUT2D eigenvalue weighted by molar-refractivity contribution is 0.102. The molecule has 7 heteroatoms. The summed E-state index contributed by atoms with van der Waals surface area (Å²) in [5.74, 6) is -0.253. The Morgan fingerprint density at radius 1 is 1.50 bits per heavy atom. The van der Waals surface area contributed by atoms with Crippen molar-refractivity contribution in [2.45, 2.75) is 26.7 Å². The summed E-state index contributed by atoms with van der Waals surface area (Å²) in [7, 11) is 0. The van der Waals surface area contributed by atoms with Crippen LogP contribution in [-0.4, -0.2) is 21.1 Å². The van der Waals surface area contributed by atoms with E-state index in [1.165, 1.54) is 0 Å². The molecule has 2 rings (SSSR count). The largest absolute Gasteiger partial charge is 0.395 e. The summed E-state index contributed by atoms with van der Waals surface area (Å²) in [5, 5.41) is 9.68. The Morgan fingerprint density at radius 3 is 2.75 bits per heavy atom. The molecule has 0 bridgehead atoms. The second-order valence-corrected chi connectivity index (χ2v) is 5.16. The topological polar surface area (TPSA) is 96.7 Å². The van der Waals surface area contributed by atoms with E-state index < -0.39 is 5.91 Å². The molecule has 1 amide bonds. The van der Waals surface area contributed by atoms with Crippen LogP contribution in [-0.2, 0) is 0 Å². The molecule has 2 heterocycles. The number of aryl methyl sites for hydroxylation is 1. The van der Waals surface area contributed by atoms with E-state index in [1.807, 2.05) is 20.8 Å². The minimum Gasteiger partial charge on any atom is -0.395 e. The van der Waals surface area contributed by atoms with Gasteiger partial charge in [-0.2, -0.15) is 5.10 Å². The van der Waals surface area contributed by atoms with Crippen LogP contribution in [0.1, 0.15) is 41.5 Å². The van der Waals surface area contributed by atoms with Crippen molar-refractivity contribution >= 4 is 28.9 Å². The molecule has 0 aromatic carbocycles. The van der Waals surface area contributed by atoms with E-state index in [4.69, 9.17) is 17.3 Å². The molecule has 6 nitrogen and oxygen atoms in total. The van der Waals surface area contributed by atoms with E-state index in [0.29, 0.717) is 11.4 Å². The Hall–Kier alpha value is -2.08. The van der Waals surface area contributed by atoms with Crippen molar-refractivity contribution in [1.29, 1.82) is 0 Å². The van der Waals surface area contributed by atoms with E-state index in [2.05, 4.69) is 20.5 Å². The molecule has 0 aliphatic rings. The summed E-state index contributed by atoms with van der Waals surface area (Å²) in [6.07, 6.45) is 1.58. The van der Waals surface area contributed by atoms with Crippen LogP contribution in [0.15, 0.2) is 12.3 Å². The number of nitrogens with one attached hydrogen (secondary N) is 2. The summed E-state index contributed by atoms with van der Waals surface area (Å²) in [5.41, 5.74) is 8.47. The summed E-state index contributed by atoms with van der Waals surface area (Å²) in [6, 6.07) is 1.76. The molecule has 0 unspecified atom stereocenters. The molecule has 0 saturated carbocycles. The molecule has 0 spiro atoms. The quantitative estimate of drug-likeness (QED) is 0.758. The first-order valence-corrected chi connectivity index (χ1v) is 6.55. The van der Waals surface area contributed by atoms with Crippen LogP contribution < -0.4 is 11.1 Å². The number of nitrogens with two attached hydrogens (primary N) is 1. The molecular formula is C13H16ClN5O. The van der Waals surface area contributed by atoms with Crippen molar-refractivity contribution in [2.24, 2.45) is 0 Å². The van der Waals surface area contributed by atoms with Gasteiger partial charge in [0.2, 0.25) is 0 Å². The number of nitrogens with zero attached hydrogens (tertiary/aromatic N) is 2. The number of carbonyl (C=O) groups is 1. The first-order chi connectivity index (χ1) is 9.41. The monoisotopic (exact) mass is 293 g/mol. The third-order valence-electron chi connectivity index (χ3n) is 2.98. The fourth-order valence-electron chi connectivity index (χ4n) is 1.83. The molecule has 2 aromatic rings. The number of pyridine rings is 1. The van der Waals surface area contributed by atoms with Crippen LogP contribution in [0, 0.1) is 6.92 Å². The Labute approximate surface area is 121 Å². The zero-order valence-electron chi connectivity index (χ0n) is 11.5.